The minimum atomic E-state index is 0.827. The molecule has 0 atom stereocenters. The minimum Gasteiger partial charge on any atom is -0.240 e. The molecule has 0 aliphatic heterocycles. The first-order chi connectivity index (χ1) is 10.4. The van der Waals surface area contributed by atoms with E-state index in [-0.39, 0.29) is 0 Å². The monoisotopic (exact) mass is 270 g/mol. The van der Waals surface area contributed by atoms with Gasteiger partial charge in [0.15, 0.2) is 0 Å². The highest BCUT2D eigenvalue weighted by molar-refractivity contribution is 5.84. The Bertz CT molecular complexity index is 923. The van der Waals surface area contributed by atoms with E-state index in [1.54, 1.807) is 6.33 Å². The third kappa shape index (κ3) is 2.25. The van der Waals surface area contributed by atoms with Gasteiger partial charge in [-0.15, -0.1) is 0 Å². The Labute approximate surface area is 123 Å². The van der Waals surface area contributed by atoms with Gasteiger partial charge < -0.3 is 0 Å². The van der Waals surface area contributed by atoms with Crippen LogP contribution in [-0.4, -0.2) is 9.97 Å². The van der Waals surface area contributed by atoms with Crippen LogP contribution in [0.15, 0.2) is 73.1 Å². The number of hydrogen-bond acceptors (Lipinski definition) is 2. The van der Waals surface area contributed by atoms with Crippen LogP contribution >= 0.6 is 0 Å². The maximum Gasteiger partial charge on any atom is 0.116 e. The lowest BCUT2D eigenvalue weighted by Gasteiger charge is -2.06. The van der Waals surface area contributed by atoms with E-state index in [0.29, 0.717) is 0 Å². The number of aromatic nitrogens is 2. The predicted molar refractivity (Wildman–Crippen MR) is 86.3 cm³/mol. The van der Waals surface area contributed by atoms with Crippen molar-refractivity contribution in [3.63, 3.8) is 0 Å². The molecule has 0 saturated heterocycles. The van der Waals surface area contributed by atoms with Crippen molar-refractivity contribution in [2.45, 2.75) is 6.42 Å². The van der Waals surface area contributed by atoms with Crippen LogP contribution in [0.3, 0.4) is 0 Å². The molecule has 0 saturated carbocycles. The largest absolute Gasteiger partial charge is 0.240 e. The summed E-state index contributed by atoms with van der Waals surface area (Å²) in [6.45, 7) is 0. The lowest BCUT2D eigenvalue weighted by atomic mass is 10.0. The van der Waals surface area contributed by atoms with Gasteiger partial charge >= 0.3 is 0 Å². The lowest BCUT2D eigenvalue weighted by molar-refractivity contribution is 1.06. The molecule has 1 aromatic heterocycles. The van der Waals surface area contributed by atoms with Gasteiger partial charge in [-0.05, 0) is 22.4 Å². The summed E-state index contributed by atoms with van der Waals surface area (Å²) in [6, 6.07) is 23.2. The van der Waals surface area contributed by atoms with E-state index < -0.39 is 0 Å². The van der Waals surface area contributed by atoms with E-state index in [2.05, 4.69) is 58.5 Å². The van der Waals surface area contributed by atoms with Gasteiger partial charge in [-0.1, -0.05) is 60.7 Å². The van der Waals surface area contributed by atoms with Crippen LogP contribution in [0.1, 0.15) is 11.3 Å². The molecule has 2 heteroatoms. The summed E-state index contributed by atoms with van der Waals surface area (Å²) in [5, 5.41) is 3.68. The maximum absolute atomic E-state index is 4.47. The van der Waals surface area contributed by atoms with Crippen molar-refractivity contribution in [1.29, 1.82) is 0 Å². The Balaban J connectivity index is 1.79. The molecule has 21 heavy (non-hydrogen) atoms. The first-order valence-corrected chi connectivity index (χ1v) is 7.06. The first kappa shape index (κ1) is 12.0. The van der Waals surface area contributed by atoms with Crippen LogP contribution in [0.4, 0.5) is 0 Å². The highest BCUT2D eigenvalue weighted by Gasteiger charge is 2.04. The number of rotatable bonds is 2. The molecule has 100 valence electrons. The second kappa shape index (κ2) is 4.98. The fourth-order valence-corrected chi connectivity index (χ4v) is 2.74. The maximum atomic E-state index is 4.47. The zero-order valence-corrected chi connectivity index (χ0v) is 11.5. The van der Waals surface area contributed by atoms with Crippen molar-refractivity contribution < 1.29 is 0 Å². The molecule has 4 aromatic rings. The van der Waals surface area contributed by atoms with Gasteiger partial charge in [-0.2, -0.15) is 0 Å². The number of nitrogens with zero attached hydrogens (tertiary/aromatic N) is 2. The van der Waals surface area contributed by atoms with Crippen LogP contribution in [0.2, 0.25) is 0 Å². The molecule has 0 spiro atoms. The number of fused-ring (bicyclic) bond motifs is 2. The van der Waals surface area contributed by atoms with Crippen LogP contribution < -0.4 is 0 Å². The third-order valence-corrected chi connectivity index (χ3v) is 3.81. The fourth-order valence-electron chi connectivity index (χ4n) is 2.74. The van der Waals surface area contributed by atoms with Gasteiger partial charge in [0, 0.05) is 11.8 Å². The van der Waals surface area contributed by atoms with E-state index in [0.717, 1.165) is 23.0 Å². The van der Waals surface area contributed by atoms with Crippen molar-refractivity contribution in [3.05, 3.63) is 84.3 Å². The molecule has 0 fully saturated rings. The SMILES string of the molecule is c1ccc2cc(Cc3ncnc4ccccc34)ccc2c1. The molecule has 0 amide bonds. The Kier molecular flexibility index (Phi) is 2.86. The van der Waals surface area contributed by atoms with E-state index in [9.17, 15) is 0 Å². The average molecular weight is 270 g/mol. The highest BCUT2D eigenvalue weighted by atomic mass is 14.8. The van der Waals surface area contributed by atoms with E-state index in [1.165, 1.54) is 16.3 Å². The zero-order chi connectivity index (χ0) is 14.1. The van der Waals surface area contributed by atoms with Gasteiger partial charge in [0.2, 0.25) is 0 Å². The van der Waals surface area contributed by atoms with Gasteiger partial charge in [0.05, 0.1) is 11.2 Å². The van der Waals surface area contributed by atoms with Crippen LogP contribution in [0.25, 0.3) is 21.7 Å². The summed E-state index contributed by atoms with van der Waals surface area (Å²) in [5.41, 5.74) is 3.36. The molecule has 0 radical (unpaired) electrons. The molecule has 4 rings (SSSR count). The zero-order valence-electron chi connectivity index (χ0n) is 11.5. The summed E-state index contributed by atoms with van der Waals surface area (Å²) in [6.07, 6.45) is 2.48. The Hall–Kier alpha value is -2.74. The smallest absolute Gasteiger partial charge is 0.116 e. The summed E-state index contributed by atoms with van der Waals surface area (Å²) >= 11 is 0. The molecular weight excluding hydrogens is 256 g/mol. The van der Waals surface area contributed by atoms with E-state index in [4.69, 9.17) is 0 Å². The number of benzene rings is 3. The molecule has 2 nitrogen and oxygen atoms in total. The lowest BCUT2D eigenvalue weighted by Crippen LogP contribution is -1.95. The first-order valence-electron chi connectivity index (χ1n) is 7.06. The van der Waals surface area contributed by atoms with Crippen molar-refractivity contribution in [2.75, 3.05) is 0 Å². The third-order valence-electron chi connectivity index (χ3n) is 3.81. The second-order valence-corrected chi connectivity index (χ2v) is 5.20. The Morgan fingerprint density at radius 1 is 0.714 bits per heavy atom. The second-order valence-electron chi connectivity index (χ2n) is 5.20. The predicted octanol–water partition coefficient (Wildman–Crippen LogP) is 4.37. The average Bonchev–Trinajstić information content (AvgIpc) is 2.55. The van der Waals surface area contributed by atoms with Crippen molar-refractivity contribution >= 4 is 21.7 Å². The van der Waals surface area contributed by atoms with Crippen LogP contribution in [0.5, 0.6) is 0 Å². The molecule has 3 aromatic carbocycles. The van der Waals surface area contributed by atoms with Crippen LogP contribution in [0, 0.1) is 0 Å². The van der Waals surface area contributed by atoms with Gasteiger partial charge in [-0.25, -0.2) is 9.97 Å². The van der Waals surface area contributed by atoms with Gasteiger partial charge in [0.25, 0.3) is 0 Å². The number of hydrogen-bond donors (Lipinski definition) is 0. The van der Waals surface area contributed by atoms with Crippen molar-refractivity contribution in [3.8, 4) is 0 Å². The molecule has 0 aliphatic rings. The summed E-state index contributed by atoms with van der Waals surface area (Å²) < 4.78 is 0. The van der Waals surface area contributed by atoms with Gasteiger partial charge in [0.1, 0.15) is 6.33 Å². The molecule has 0 unspecified atom stereocenters. The Morgan fingerprint density at radius 2 is 1.52 bits per heavy atom. The summed E-state index contributed by atoms with van der Waals surface area (Å²) in [7, 11) is 0. The molecule has 0 aliphatic carbocycles. The summed E-state index contributed by atoms with van der Waals surface area (Å²) in [4.78, 5) is 8.79. The molecular formula is C19H14N2. The highest BCUT2D eigenvalue weighted by Crippen LogP contribution is 2.20. The van der Waals surface area contributed by atoms with E-state index >= 15 is 0 Å². The van der Waals surface area contributed by atoms with Crippen molar-refractivity contribution in [2.24, 2.45) is 0 Å². The normalized spacial score (nSPS) is 11.0. The quantitative estimate of drug-likeness (QED) is 0.540. The molecule has 1 heterocycles. The topological polar surface area (TPSA) is 25.8 Å². The minimum absolute atomic E-state index is 0.827. The summed E-state index contributed by atoms with van der Waals surface area (Å²) in [5.74, 6) is 0. The molecule has 0 N–H and O–H groups in total. The Morgan fingerprint density at radius 3 is 2.48 bits per heavy atom. The van der Waals surface area contributed by atoms with Crippen molar-refractivity contribution in [1.82, 2.24) is 9.97 Å². The number of para-hydroxylation sites is 1. The fraction of sp³-hybridized carbons (Fsp3) is 0.0526. The van der Waals surface area contributed by atoms with E-state index in [1.807, 2.05) is 18.2 Å². The van der Waals surface area contributed by atoms with Crippen LogP contribution in [-0.2, 0) is 6.42 Å². The standard InChI is InChI=1S/C19H14N2/c1-2-6-16-11-14(9-10-15(16)5-1)12-19-17-7-3-4-8-18(17)20-13-21-19/h1-11,13H,12H2. The molecule has 0 bridgehead atoms. The van der Waals surface area contributed by atoms with Gasteiger partial charge in [-0.3, -0.25) is 0 Å².